The van der Waals surface area contributed by atoms with Gasteiger partial charge >= 0.3 is 0 Å². The SMILES string of the molecule is CNC(c1cccc(Cl)c1Cl)C1CCCC(S(C)(=O)=O)C1. The second-order valence-electron chi connectivity index (χ2n) is 5.79. The number of benzene rings is 1. The number of nitrogens with one attached hydrogen (secondary N) is 1. The molecule has 1 aliphatic rings. The van der Waals surface area contributed by atoms with E-state index in [0.717, 1.165) is 24.8 Å². The molecular weight excluding hydrogens is 329 g/mol. The van der Waals surface area contributed by atoms with Gasteiger partial charge in [0, 0.05) is 12.3 Å². The minimum atomic E-state index is -2.99. The van der Waals surface area contributed by atoms with E-state index in [2.05, 4.69) is 5.32 Å². The molecule has 0 aliphatic heterocycles. The van der Waals surface area contributed by atoms with Gasteiger partial charge in [0.25, 0.3) is 0 Å². The zero-order valence-electron chi connectivity index (χ0n) is 12.3. The van der Waals surface area contributed by atoms with E-state index in [1.54, 1.807) is 6.07 Å². The van der Waals surface area contributed by atoms with E-state index in [-0.39, 0.29) is 17.2 Å². The van der Waals surface area contributed by atoms with Gasteiger partial charge in [-0.3, -0.25) is 0 Å². The molecule has 0 saturated heterocycles. The molecule has 1 aromatic carbocycles. The molecule has 1 fully saturated rings. The molecule has 118 valence electrons. The quantitative estimate of drug-likeness (QED) is 0.897. The summed E-state index contributed by atoms with van der Waals surface area (Å²) < 4.78 is 23.7. The Kier molecular flexibility index (Phi) is 5.58. The van der Waals surface area contributed by atoms with Gasteiger partial charge in [0.2, 0.25) is 0 Å². The fourth-order valence-electron chi connectivity index (χ4n) is 3.28. The molecule has 1 aliphatic carbocycles. The van der Waals surface area contributed by atoms with E-state index in [4.69, 9.17) is 23.2 Å². The van der Waals surface area contributed by atoms with Crippen molar-refractivity contribution in [2.75, 3.05) is 13.3 Å². The van der Waals surface area contributed by atoms with Gasteiger partial charge in [-0.2, -0.15) is 0 Å². The lowest BCUT2D eigenvalue weighted by Gasteiger charge is -2.34. The maximum atomic E-state index is 11.8. The number of halogens is 2. The molecule has 0 radical (unpaired) electrons. The topological polar surface area (TPSA) is 46.2 Å². The van der Waals surface area contributed by atoms with Crippen LogP contribution in [0.5, 0.6) is 0 Å². The Bertz CT molecular complexity index is 604. The maximum absolute atomic E-state index is 11.8. The molecule has 0 spiro atoms. The summed E-state index contributed by atoms with van der Waals surface area (Å²) in [5, 5.41) is 4.13. The van der Waals surface area contributed by atoms with Crippen molar-refractivity contribution in [2.45, 2.75) is 37.0 Å². The fraction of sp³-hybridized carbons (Fsp3) is 0.600. The van der Waals surface area contributed by atoms with Crippen molar-refractivity contribution in [3.8, 4) is 0 Å². The third kappa shape index (κ3) is 3.92. The van der Waals surface area contributed by atoms with Gasteiger partial charge in [0.05, 0.1) is 15.3 Å². The summed E-state index contributed by atoms with van der Waals surface area (Å²) in [6, 6.07) is 5.63. The Labute approximate surface area is 136 Å². The van der Waals surface area contributed by atoms with E-state index in [1.165, 1.54) is 6.26 Å². The van der Waals surface area contributed by atoms with Crippen molar-refractivity contribution in [3.63, 3.8) is 0 Å². The minimum absolute atomic E-state index is 0.0285. The van der Waals surface area contributed by atoms with Crippen LogP contribution in [0, 0.1) is 5.92 Å². The number of hydrogen-bond acceptors (Lipinski definition) is 3. The van der Waals surface area contributed by atoms with Crippen molar-refractivity contribution in [3.05, 3.63) is 33.8 Å². The first-order valence-corrected chi connectivity index (χ1v) is 9.85. The van der Waals surface area contributed by atoms with E-state index in [9.17, 15) is 8.42 Å². The molecule has 0 amide bonds. The standard InChI is InChI=1S/C15H21Cl2NO2S/c1-18-15(12-7-4-8-13(16)14(12)17)10-5-3-6-11(9-10)21(2,19)20/h4,7-8,10-11,15,18H,3,5-6,9H2,1-2H3. The highest BCUT2D eigenvalue weighted by molar-refractivity contribution is 7.91. The lowest BCUT2D eigenvalue weighted by atomic mass is 9.81. The van der Waals surface area contributed by atoms with Crippen LogP contribution in [0.15, 0.2) is 18.2 Å². The van der Waals surface area contributed by atoms with E-state index in [0.29, 0.717) is 16.5 Å². The zero-order chi connectivity index (χ0) is 15.6. The Morgan fingerprint density at radius 3 is 2.62 bits per heavy atom. The van der Waals surface area contributed by atoms with Crippen LogP contribution in [0.25, 0.3) is 0 Å². The number of hydrogen-bond donors (Lipinski definition) is 1. The molecule has 1 N–H and O–H groups in total. The second-order valence-corrected chi connectivity index (χ2v) is 8.90. The summed E-state index contributed by atoms with van der Waals surface area (Å²) in [7, 11) is -1.11. The average Bonchev–Trinajstić information content (AvgIpc) is 2.44. The van der Waals surface area contributed by atoms with E-state index in [1.807, 2.05) is 19.2 Å². The van der Waals surface area contributed by atoms with Gasteiger partial charge in [-0.15, -0.1) is 0 Å². The van der Waals surface area contributed by atoms with Crippen LogP contribution < -0.4 is 5.32 Å². The van der Waals surface area contributed by atoms with E-state index >= 15 is 0 Å². The summed E-state index contributed by atoms with van der Waals surface area (Å²) in [6.07, 6.45) is 4.70. The summed E-state index contributed by atoms with van der Waals surface area (Å²) in [5.74, 6) is 0.249. The summed E-state index contributed by atoms with van der Waals surface area (Å²) >= 11 is 12.4. The maximum Gasteiger partial charge on any atom is 0.150 e. The molecular formula is C15H21Cl2NO2S. The van der Waals surface area contributed by atoms with Crippen molar-refractivity contribution in [1.29, 1.82) is 0 Å². The second kappa shape index (κ2) is 6.86. The predicted molar refractivity (Wildman–Crippen MR) is 88.9 cm³/mol. The molecule has 0 bridgehead atoms. The molecule has 1 saturated carbocycles. The smallest absolute Gasteiger partial charge is 0.150 e. The molecule has 3 atom stereocenters. The molecule has 3 unspecified atom stereocenters. The molecule has 3 nitrogen and oxygen atoms in total. The largest absolute Gasteiger partial charge is 0.313 e. The Morgan fingerprint density at radius 2 is 2.00 bits per heavy atom. The highest BCUT2D eigenvalue weighted by Gasteiger charge is 2.34. The first-order chi connectivity index (χ1) is 9.84. The number of sulfone groups is 1. The van der Waals surface area contributed by atoms with E-state index < -0.39 is 9.84 Å². The average molecular weight is 350 g/mol. The highest BCUT2D eigenvalue weighted by Crippen LogP contribution is 2.40. The third-order valence-corrected chi connectivity index (χ3v) is 6.84. The first kappa shape index (κ1) is 17.1. The molecule has 2 rings (SSSR count). The predicted octanol–water partition coefficient (Wildman–Crippen LogP) is 3.86. The molecule has 1 aromatic rings. The summed E-state index contributed by atoms with van der Waals surface area (Å²) in [5.41, 5.74) is 0.950. The van der Waals surface area contributed by atoms with Crippen LogP contribution in [-0.2, 0) is 9.84 Å². The van der Waals surface area contributed by atoms with Gasteiger partial charge < -0.3 is 5.32 Å². The Morgan fingerprint density at radius 1 is 1.29 bits per heavy atom. The number of rotatable bonds is 4. The molecule has 21 heavy (non-hydrogen) atoms. The van der Waals surface area contributed by atoms with Crippen molar-refractivity contribution >= 4 is 33.0 Å². The van der Waals surface area contributed by atoms with Crippen LogP contribution in [-0.4, -0.2) is 27.0 Å². The Hall–Kier alpha value is -0.290. The zero-order valence-corrected chi connectivity index (χ0v) is 14.6. The molecule has 0 aromatic heterocycles. The minimum Gasteiger partial charge on any atom is -0.313 e. The van der Waals surface area contributed by atoms with Crippen LogP contribution in [0.2, 0.25) is 10.0 Å². The first-order valence-electron chi connectivity index (χ1n) is 7.14. The lowest BCUT2D eigenvalue weighted by molar-refractivity contribution is 0.283. The van der Waals surface area contributed by atoms with Crippen molar-refractivity contribution in [2.24, 2.45) is 5.92 Å². The van der Waals surface area contributed by atoms with Crippen molar-refractivity contribution < 1.29 is 8.42 Å². The van der Waals surface area contributed by atoms with Gasteiger partial charge in [0.15, 0.2) is 0 Å². The monoisotopic (exact) mass is 349 g/mol. The van der Waals surface area contributed by atoms with Crippen LogP contribution in [0.1, 0.15) is 37.3 Å². The van der Waals surface area contributed by atoms with Gasteiger partial charge in [0.1, 0.15) is 9.84 Å². The lowest BCUT2D eigenvalue weighted by Crippen LogP contribution is -2.34. The molecule has 6 heteroatoms. The van der Waals surface area contributed by atoms with Gasteiger partial charge in [-0.1, -0.05) is 41.8 Å². The highest BCUT2D eigenvalue weighted by atomic mass is 35.5. The third-order valence-electron chi connectivity index (χ3n) is 4.37. The van der Waals surface area contributed by atoms with Crippen LogP contribution in [0.4, 0.5) is 0 Å². The fourth-order valence-corrected chi connectivity index (χ4v) is 4.90. The summed E-state index contributed by atoms with van der Waals surface area (Å²) in [4.78, 5) is 0. The van der Waals surface area contributed by atoms with Gasteiger partial charge in [-0.25, -0.2) is 8.42 Å². The van der Waals surface area contributed by atoms with Crippen molar-refractivity contribution in [1.82, 2.24) is 5.32 Å². The van der Waals surface area contributed by atoms with Crippen LogP contribution in [0.3, 0.4) is 0 Å². The van der Waals surface area contributed by atoms with Crippen LogP contribution >= 0.6 is 23.2 Å². The Balaban J connectivity index is 2.27. The normalized spacial score (nSPS) is 24.8. The molecule has 0 heterocycles. The summed E-state index contributed by atoms with van der Waals surface area (Å²) in [6.45, 7) is 0. The van der Waals surface area contributed by atoms with Gasteiger partial charge in [-0.05, 0) is 43.9 Å².